The molecule has 2 fully saturated rings. The summed E-state index contributed by atoms with van der Waals surface area (Å²) in [5, 5.41) is 3.32. The summed E-state index contributed by atoms with van der Waals surface area (Å²) in [4.78, 5) is 2.31. The molecule has 0 saturated carbocycles. The van der Waals surface area contributed by atoms with Gasteiger partial charge in [-0.2, -0.15) is 4.31 Å². The van der Waals surface area contributed by atoms with Gasteiger partial charge in [0.1, 0.15) is 0 Å². The van der Waals surface area contributed by atoms with E-state index >= 15 is 0 Å². The van der Waals surface area contributed by atoms with Crippen LogP contribution in [0.5, 0.6) is 0 Å². The Kier molecular flexibility index (Phi) is 7.56. The topological polar surface area (TPSA) is 61.9 Å². The van der Waals surface area contributed by atoms with Gasteiger partial charge in [0.05, 0.1) is 19.0 Å². The predicted octanol–water partition coefficient (Wildman–Crippen LogP) is 0.503. The Bertz CT molecular complexity index is 404. The number of unbranched alkanes of at least 4 members (excludes halogenated alkanes) is 1. The molecule has 0 spiro atoms. The van der Waals surface area contributed by atoms with Gasteiger partial charge >= 0.3 is 0 Å². The van der Waals surface area contributed by atoms with Crippen LogP contribution in [0, 0.1) is 0 Å². The van der Waals surface area contributed by atoms with Crippen molar-refractivity contribution < 1.29 is 13.2 Å². The Morgan fingerprint density at radius 3 is 2.55 bits per heavy atom. The van der Waals surface area contributed by atoms with Crippen molar-refractivity contribution in [1.82, 2.24) is 14.5 Å². The van der Waals surface area contributed by atoms with Gasteiger partial charge in [-0.1, -0.05) is 13.3 Å². The van der Waals surface area contributed by atoms with E-state index in [0.29, 0.717) is 6.54 Å². The Balaban J connectivity index is 1.96. The molecule has 1 N–H and O–H groups in total. The highest BCUT2D eigenvalue weighted by Crippen LogP contribution is 2.18. The van der Waals surface area contributed by atoms with Crippen molar-refractivity contribution in [2.45, 2.75) is 38.6 Å². The molecule has 0 unspecified atom stereocenters. The van der Waals surface area contributed by atoms with Gasteiger partial charge in [-0.25, -0.2) is 8.42 Å². The maximum atomic E-state index is 12.7. The normalized spacial score (nSPS) is 22.3. The van der Waals surface area contributed by atoms with E-state index in [4.69, 9.17) is 4.74 Å². The molecule has 0 aliphatic carbocycles. The lowest BCUT2D eigenvalue weighted by Gasteiger charge is -2.36. The fourth-order valence-electron chi connectivity index (χ4n) is 3.15. The maximum absolute atomic E-state index is 12.7. The van der Waals surface area contributed by atoms with Crippen LogP contribution in [0.1, 0.15) is 32.6 Å². The van der Waals surface area contributed by atoms with E-state index in [1.54, 1.807) is 4.31 Å². The van der Waals surface area contributed by atoms with E-state index < -0.39 is 10.0 Å². The lowest BCUT2D eigenvalue weighted by Crippen LogP contribution is -2.50. The van der Waals surface area contributed by atoms with E-state index in [0.717, 1.165) is 71.6 Å². The molecular weight excluding hydrogens is 302 g/mol. The zero-order valence-corrected chi connectivity index (χ0v) is 14.6. The monoisotopic (exact) mass is 333 g/mol. The van der Waals surface area contributed by atoms with Crippen LogP contribution in [0.25, 0.3) is 0 Å². The van der Waals surface area contributed by atoms with Gasteiger partial charge in [0.15, 0.2) is 0 Å². The van der Waals surface area contributed by atoms with Crippen LogP contribution in [0.4, 0.5) is 0 Å². The second kappa shape index (κ2) is 9.17. The third kappa shape index (κ3) is 5.45. The molecule has 0 bridgehead atoms. The van der Waals surface area contributed by atoms with Gasteiger partial charge in [-0.15, -0.1) is 0 Å². The molecule has 0 atom stereocenters. The number of rotatable bonds is 8. The molecule has 2 heterocycles. The minimum atomic E-state index is -3.14. The molecular formula is C15H31N3O3S. The number of piperidine rings is 1. The van der Waals surface area contributed by atoms with Crippen molar-refractivity contribution in [2.75, 3.05) is 58.2 Å². The zero-order chi connectivity index (χ0) is 15.8. The molecule has 0 aromatic heterocycles. The number of morpholine rings is 1. The van der Waals surface area contributed by atoms with E-state index in [-0.39, 0.29) is 11.8 Å². The number of sulfonamides is 1. The summed E-state index contributed by atoms with van der Waals surface area (Å²) >= 11 is 0. The maximum Gasteiger partial charge on any atom is 0.214 e. The van der Waals surface area contributed by atoms with Crippen LogP contribution >= 0.6 is 0 Å². The van der Waals surface area contributed by atoms with Gasteiger partial charge in [0.25, 0.3) is 0 Å². The molecule has 2 rings (SSSR count). The fraction of sp³-hybridized carbons (Fsp3) is 1.00. The highest BCUT2D eigenvalue weighted by atomic mass is 32.2. The minimum absolute atomic E-state index is 0.171. The first-order chi connectivity index (χ1) is 10.6. The van der Waals surface area contributed by atoms with Gasteiger partial charge < -0.3 is 10.1 Å². The number of nitrogens with one attached hydrogen (secondary N) is 1. The quantitative estimate of drug-likeness (QED) is 0.701. The molecule has 22 heavy (non-hydrogen) atoms. The molecule has 0 aromatic carbocycles. The van der Waals surface area contributed by atoms with Crippen molar-refractivity contribution in [3.63, 3.8) is 0 Å². The van der Waals surface area contributed by atoms with Crippen LogP contribution in [0.3, 0.4) is 0 Å². The van der Waals surface area contributed by atoms with Crippen molar-refractivity contribution in [3.05, 3.63) is 0 Å². The summed E-state index contributed by atoms with van der Waals surface area (Å²) in [7, 11) is -3.14. The number of hydrogen-bond donors (Lipinski definition) is 1. The summed E-state index contributed by atoms with van der Waals surface area (Å²) < 4.78 is 32.6. The Morgan fingerprint density at radius 1 is 1.23 bits per heavy atom. The standard InChI is InChI=1S/C15H31N3O3S/c1-2-3-14-22(19,20)18(15-4-6-16-7-5-15)9-8-17-10-12-21-13-11-17/h15-16H,2-14H2,1H3. The molecule has 2 aliphatic rings. The SMILES string of the molecule is CCCCS(=O)(=O)N(CCN1CCOCC1)C1CCNCC1. The Labute approximate surface area is 135 Å². The van der Waals surface area contributed by atoms with E-state index in [2.05, 4.69) is 10.2 Å². The summed E-state index contributed by atoms with van der Waals surface area (Å²) in [6.07, 6.45) is 3.52. The summed E-state index contributed by atoms with van der Waals surface area (Å²) in [6, 6.07) is 0.171. The lowest BCUT2D eigenvalue weighted by atomic mass is 10.1. The average molecular weight is 333 g/mol. The van der Waals surface area contributed by atoms with Crippen molar-refractivity contribution in [1.29, 1.82) is 0 Å². The zero-order valence-electron chi connectivity index (χ0n) is 13.8. The van der Waals surface area contributed by atoms with E-state index in [1.807, 2.05) is 6.92 Å². The first-order valence-corrected chi connectivity index (χ1v) is 10.2. The second-order valence-electron chi connectivity index (χ2n) is 6.22. The van der Waals surface area contributed by atoms with Crippen molar-refractivity contribution in [2.24, 2.45) is 0 Å². The smallest absolute Gasteiger partial charge is 0.214 e. The number of ether oxygens (including phenoxy) is 1. The average Bonchev–Trinajstić information content (AvgIpc) is 2.55. The molecule has 7 heteroatoms. The summed E-state index contributed by atoms with van der Waals surface area (Å²) in [6.45, 7) is 8.66. The predicted molar refractivity (Wildman–Crippen MR) is 88.6 cm³/mol. The number of nitrogens with zero attached hydrogens (tertiary/aromatic N) is 2. The third-order valence-corrected chi connectivity index (χ3v) is 6.57. The molecule has 2 saturated heterocycles. The molecule has 2 aliphatic heterocycles. The second-order valence-corrected chi connectivity index (χ2v) is 8.26. The molecule has 130 valence electrons. The summed E-state index contributed by atoms with van der Waals surface area (Å²) in [5.41, 5.74) is 0. The first-order valence-electron chi connectivity index (χ1n) is 8.64. The molecule has 6 nitrogen and oxygen atoms in total. The van der Waals surface area contributed by atoms with Crippen molar-refractivity contribution >= 4 is 10.0 Å². The van der Waals surface area contributed by atoms with E-state index in [9.17, 15) is 8.42 Å². The summed E-state index contributed by atoms with van der Waals surface area (Å²) in [5.74, 6) is 0.288. The molecule has 0 radical (unpaired) electrons. The fourth-order valence-corrected chi connectivity index (χ4v) is 5.07. The highest BCUT2D eigenvalue weighted by Gasteiger charge is 2.30. The van der Waals surface area contributed by atoms with E-state index in [1.165, 1.54) is 0 Å². The largest absolute Gasteiger partial charge is 0.379 e. The first kappa shape index (κ1) is 18.1. The Morgan fingerprint density at radius 2 is 1.91 bits per heavy atom. The van der Waals surface area contributed by atoms with Crippen molar-refractivity contribution in [3.8, 4) is 0 Å². The van der Waals surface area contributed by atoms with Gasteiger partial charge in [-0.3, -0.25) is 4.90 Å². The van der Waals surface area contributed by atoms with Gasteiger partial charge in [0.2, 0.25) is 10.0 Å². The van der Waals surface area contributed by atoms with Crippen LogP contribution in [0.2, 0.25) is 0 Å². The van der Waals surface area contributed by atoms with Crippen LogP contribution in [0.15, 0.2) is 0 Å². The van der Waals surface area contributed by atoms with Crippen LogP contribution in [-0.2, 0) is 14.8 Å². The highest BCUT2D eigenvalue weighted by molar-refractivity contribution is 7.89. The van der Waals surface area contributed by atoms with Crippen LogP contribution < -0.4 is 5.32 Å². The number of hydrogen-bond acceptors (Lipinski definition) is 5. The lowest BCUT2D eigenvalue weighted by molar-refractivity contribution is 0.0349. The van der Waals surface area contributed by atoms with Gasteiger partial charge in [-0.05, 0) is 32.4 Å². The third-order valence-electron chi connectivity index (χ3n) is 4.57. The molecule has 0 aromatic rings. The molecule has 0 amide bonds. The van der Waals surface area contributed by atoms with Crippen LogP contribution in [-0.4, -0.2) is 81.9 Å². The van der Waals surface area contributed by atoms with Gasteiger partial charge in [0, 0.05) is 32.2 Å². The minimum Gasteiger partial charge on any atom is -0.379 e. The Hall–Kier alpha value is -0.210.